The summed E-state index contributed by atoms with van der Waals surface area (Å²) in [4.78, 5) is 0. The first-order chi connectivity index (χ1) is 4.43. The fourth-order valence-corrected chi connectivity index (χ4v) is 0.961. The molecular formula is C9H13Ru. The van der Waals surface area contributed by atoms with Gasteiger partial charge in [-0.15, -0.1) is 0 Å². The van der Waals surface area contributed by atoms with Crippen LogP contribution in [0.3, 0.4) is 0 Å². The van der Waals surface area contributed by atoms with Gasteiger partial charge in [0.25, 0.3) is 0 Å². The molecule has 57 valence electrons. The number of unbranched alkanes of at least 4 members (excludes halogenated alkanes) is 1. The molecule has 0 nitrogen and oxygen atoms in total. The van der Waals surface area contributed by atoms with Crippen LogP contribution in [-0.4, -0.2) is 0 Å². The van der Waals surface area contributed by atoms with Crippen molar-refractivity contribution in [3.63, 3.8) is 0 Å². The molecule has 0 N–H and O–H groups in total. The van der Waals surface area contributed by atoms with Crippen LogP contribution >= 0.6 is 0 Å². The van der Waals surface area contributed by atoms with Crippen LogP contribution in [0.4, 0.5) is 0 Å². The topological polar surface area (TPSA) is 0 Å². The third-order valence-electron chi connectivity index (χ3n) is 1.55. The Hall–Kier alpha value is -0.0266. The van der Waals surface area contributed by atoms with Crippen molar-refractivity contribution in [1.29, 1.82) is 0 Å². The van der Waals surface area contributed by atoms with Crippen molar-refractivity contribution in [3.8, 4) is 0 Å². The van der Waals surface area contributed by atoms with Gasteiger partial charge in [0.2, 0.25) is 0 Å². The summed E-state index contributed by atoms with van der Waals surface area (Å²) in [5, 5.41) is 0. The smallest absolute Gasteiger partial charge is 0.213 e. The minimum Gasteiger partial charge on any atom is -0.213 e. The molecule has 0 aliphatic heterocycles. The Labute approximate surface area is 75.8 Å². The molecule has 0 heterocycles. The Morgan fingerprint density at radius 1 is 1.20 bits per heavy atom. The van der Waals surface area contributed by atoms with Crippen molar-refractivity contribution in [2.75, 3.05) is 0 Å². The number of rotatable bonds is 3. The van der Waals surface area contributed by atoms with E-state index in [0.717, 1.165) is 0 Å². The third kappa shape index (κ3) is 3.22. The molecule has 10 heavy (non-hydrogen) atoms. The Morgan fingerprint density at radius 2 is 1.80 bits per heavy atom. The first kappa shape index (κ1) is 9.97. The quantitative estimate of drug-likeness (QED) is 0.545. The summed E-state index contributed by atoms with van der Waals surface area (Å²) < 4.78 is 0. The molecule has 0 saturated heterocycles. The van der Waals surface area contributed by atoms with Gasteiger partial charge in [-0.05, 0) is 0 Å². The van der Waals surface area contributed by atoms with Gasteiger partial charge in [0.05, 0.1) is 0 Å². The van der Waals surface area contributed by atoms with E-state index in [2.05, 4.69) is 31.2 Å². The molecule has 0 aromatic heterocycles. The van der Waals surface area contributed by atoms with Gasteiger partial charge in [-0.25, -0.2) is 12.1 Å². The Morgan fingerprint density at radius 3 is 2.30 bits per heavy atom. The van der Waals surface area contributed by atoms with Crippen LogP contribution < -0.4 is 0 Å². The summed E-state index contributed by atoms with van der Waals surface area (Å²) in [6.45, 7) is 2.23. The summed E-state index contributed by atoms with van der Waals surface area (Å²) in [6.07, 6.45) is 3.87. The Bertz CT molecular complexity index is 142. The predicted octanol–water partition coefficient (Wildman–Crippen LogP) is 2.75. The standard InChI is InChI=1S/C9H13.Ru/c1-2-3-6-9-7-4-5-8-9;/h4-5,7-8H,2-3,6H2,1H3;/q-1;+1. The van der Waals surface area contributed by atoms with Gasteiger partial charge < -0.3 is 0 Å². The molecule has 0 atom stereocenters. The van der Waals surface area contributed by atoms with Gasteiger partial charge in [0, 0.05) is 0 Å². The maximum atomic E-state index is 2.23. The van der Waals surface area contributed by atoms with Crippen molar-refractivity contribution < 1.29 is 19.5 Å². The van der Waals surface area contributed by atoms with E-state index in [4.69, 9.17) is 0 Å². The van der Waals surface area contributed by atoms with Crippen LogP contribution in [0.15, 0.2) is 24.3 Å². The number of aryl methyl sites for hydroxylation is 1. The third-order valence-corrected chi connectivity index (χ3v) is 1.55. The first-order valence-corrected chi connectivity index (χ1v) is 3.64. The zero-order valence-corrected chi connectivity index (χ0v) is 8.02. The summed E-state index contributed by atoms with van der Waals surface area (Å²) >= 11 is 0. The molecule has 1 radical (unpaired) electrons. The SMILES string of the molecule is CCCC[c-]1cccc1.[Ru+]. The second-order valence-corrected chi connectivity index (χ2v) is 2.40. The van der Waals surface area contributed by atoms with E-state index in [-0.39, 0.29) is 19.5 Å². The zero-order chi connectivity index (χ0) is 6.53. The van der Waals surface area contributed by atoms with Crippen LogP contribution in [0.25, 0.3) is 0 Å². The van der Waals surface area contributed by atoms with Crippen molar-refractivity contribution in [2.24, 2.45) is 0 Å². The van der Waals surface area contributed by atoms with Crippen LogP contribution in [-0.2, 0) is 25.9 Å². The molecule has 0 amide bonds. The van der Waals surface area contributed by atoms with E-state index in [1.807, 2.05) is 0 Å². The molecule has 0 spiro atoms. The molecule has 1 aromatic rings. The minimum absolute atomic E-state index is 0. The van der Waals surface area contributed by atoms with Crippen LogP contribution in [0.2, 0.25) is 0 Å². The van der Waals surface area contributed by atoms with Crippen molar-refractivity contribution in [1.82, 2.24) is 0 Å². The largest absolute Gasteiger partial charge is 1.00 e. The summed E-state index contributed by atoms with van der Waals surface area (Å²) in [5.74, 6) is 0. The summed E-state index contributed by atoms with van der Waals surface area (Å²) in [7, 11) is 0. The van der Waals surface area contributed by atoms with Crippen molar-refractivity contribution in [2.45, 2.75) is 26.2 Å². The normalized spacial score (nSPS) is 8.90. The fraction of sp³-hybridized carbons (Fsp3) is 0.444. The second kappa shape index (κ2) is 5.74. The van der Waals surface area contributed by atoms with Crippen LogP contribution in [0.5, 0.6) is 0 Å². The van der Waals surface area contributed by atoms with Gasteiger partial charge in [-0.3, -0.25) is 0 Å². The Kier molecular flexibility index (Phi) is 5.72. The van der Waals surface area contributed by atoms with Gasteiger partial charge in [-0.2, -0.15) is 17.7 Å². The molecule has 0 aliphatic rings. The second-order valence-electron chi connectivity index (χ2n) is 2.40. The molecule has 1 heteroatoms. The molecule has 1 aromatic carbocycles. The average Bonchev–Trinajstić information content (AvgIpc) is 2.34. The zero-order valence-electron chi connectivity index (χ0n) is 6.28. The maximum absolute atomic E-state index is 2.23. The minimum atomic E-state index is 0. The molecule has 0 unspecified atom stereocenters. The average molecular weight is 222 g/mol. The van der Waals surface area contributed by atoms with E-state index in [1.165, 1.54) is 24.8 Å². The molecule has 0 bridgehead atoms. The van der Waals surface area contributed by atoms with E-state index < -0.39 is 0 Å². The summed E-state index contributed by atoms with van der Waals surface area (Å²) in [6, 6.07) is 8.58. The van der Waals surface area contributed by atoms with Gasteiger partial charge >= 0.3 is 19.5 Å². The summed E-state index contributed by atoms with van der Waals surface area (Å²) in [5.41, 5.74) is 1.48. The van der Waals surface area contributed by atoms with E-state index in [0.29, 0.717) is 0 Å². The predicted molar refractivity (Wildman–Crippen MR) is 40.6 cm³/mol. The van der Waals surface area contributed by atoms with E-state index in [1.54, 1.807) is 0 Å². The molecule has 0 saturated carbocycles. The maximum Gasteiger partial charge on any atom is 1.00 e. The fourth-order valence-electron chi connectivity index (χ4n) is 0.961. The van der Waals surface area contributed by atoms with Crippen LogP contribution in [0, 0.1) is 0 Å². The van der Waals surface area contributed by atoms with Crippen LogP contribution in [0.1, 0.15) is 25.3 Å². The van der Waals surface area contributed by atoms with Gasteiger partial charge in [0.1, 0.15) is 0 Å². The monoisotopic (exact) mass is 223 g/mol. The molecule has 1 rings (SSSR count). The van der Waals surface area contributed by atoms with E-state index >= 15 is 0 Å². The number of hydrogen-bond donors (Lipinski definition) is 0. The van der Waals surface area contributed by atoms with E-state index in [9.17, 15) is 0 Å². The Balaban J connectivity index is 0.000000810. The molecular weight excluding hydrogens is 209 g/mol. The first-order valence-electron chi connectivity index (χ1n) is 3.64. The molecule has 0 fully saturated rings. The van der Waals surface area contributed by atoms with Crippen molar-refractivity contribution >= 4 is 0 Å². The van der Waals surface area contributed by atoms with Gasteiger partial charge in [0.15, 0.2) is 0 Å². The molecule has 0 aliphatic carbocycles. The van der Waals surface area contributed by atoms with Crippen molar-refractivity contribution in [3.05, 3.63) is 29.8 Å². The van der Waals surface area contributed by atoms with Gasteiger partial charge in [-0.1, -0.05) is 26.2 Å². The number of hydrogen-bond acceptors (Lipinski definition) is 0.